The highest BCUT2D eigenvalue weighted by atomic mass is 19.4. The largest absolute Gasteiger partial charge is 0.401 e. The van der Waals surface area contributed by atoms with Gasteiger partial charge in [-0.15, -0.1) is 0 Å². The van der Waals surface area contributed by atoms with E-state index in [0.29, 0.717) is 6.54 Å². The molecule has 1 rings (SSSR count). The molecule has 114 valence electrons. The Labute approximate surface area is 114 Å². The van der Waals surface area contributed by atoms with Gasteiger partial charge in [-0.1, -0.05) is 19.8 Å². The minimum atomic E-state index is -4.11. The van der Waals surface area contributed by atoms with Gasteiger partial charge in [0, 0.05) is 19.1 Å². The summed E-state index contributed by atoms with van der Waals surface area (Å²) in [6, 6.07) is -0.0688. The summed E-state index contributed by atoms with van der Waals surface area (Å²) in [7, 11) is 0. The van der Waals surface area contributed by atoms with Crippen molar-refractivity contribution in [2.24, 2.45) is 5.41 Å². The molecule has 0 aromatic carbocycles. The topological polar surface area (TPSA) is 15.3 Å². The summed E-state index contributed by atoms with van der Waals surface area (Å²) >= 11 is 0. The monoisotopic (exact) mass is 280 g/mol. The van der Waals surface area contributed by atoms with Gasteiger partial charge >= 0.3 is 6.18 Å². The van der Waals surface area contributed by atoms with E-state index in [1.165, 1.54) is 0 Å². The Kier molecular flexibility index (Phi) is 6.12. The number of rotatable bonds is 7. The van der Waals surface area contributed by atoms with Crippen LogP contribution in [0.4, 0.5) is 13.2 Å². The van der Waals surface area contributed by atoms with Crippen molar-refractivity contribution in [1.29, 1.82) is 0 Å². The fourth-order valence-corrected chi connectivity index (χ4v) is 2.99. The van der Waals surface area contributed by atoms with Gasteiger partial charge in [-0.05, 0) is 38.6 Å². The van der Waals surface area contributed by atoms with Crippen molar-refractivity contribution in [1.82, 2.24) is 10.2 Å². The fraction of sp³-hybridized carbons (Fsp3) is 1.00. The predicted molar refractivity (Wildman–Crippen MR) is 72.2 cm³/mol. The van der Waals surface area contributed by atoms with Gasteiger partial charge in [0.25, 0.3) is 0 Å². The average molecular weight is 280 g/mol. The van der Waals surface area contributed by atoms with Crippen LogP contribution in [0.15, 0.2) is 0 Å². The van der Waals surface area contributed by atoms with E-state index in [2.05, 4.69) is 5.32 Å². The second kappa shape index (κ2) is 6.93. The van der Waals surface area contributed by atoms with Crippen LogP contribution < -0.4 is 5.32 Å². The third kappa shape index (κ3) is 5.69. The molecule has 2 nitrogen and oxygen atoms in total. The van der Waals surface area contributed by atoms with Crippen LogP contribution in [-0.2, 0) is 0 Å². The Morgan fingerprint density at radius 1 is 1.21 bits per heavy atom. The zero-order valence-corrected chi connectivity index (χ0v) is 12.3. The van der Waals surface area contributed by atoms with E-state index in [0.717, 1.165) is 38.8 Å². The quantitative estimate of drug-likeness (QED) is 0.768. The molecule has 1 saturated carbocycles. The number of nitrogens with zero attached hydrogens (tertiary/aromatic N) is 1. The number of alkyl halides is 3. The number of hydrogen-bond donors (Lipinski definition) is 1. The molecular formula is C14H27F3N2. The Balaban J connectivity index is 2.68. The van der Waals surface area contributed by atoms with Gasteiger partial charge in [-0.3, -0.25) is 4.90 Å². The van der Waals surface area contributed by atoms with Gasteiger partial charge < -0.3 is 5.32 Å². The zero-order chi connectivity index (χ0) is 14.5. The van der Waals surface area contributed by atoms with Crippen molar-refractivity contribution in [2.75, 3.05) is 26.2 Å². The normalized spacial score (nSPS) is 19.6. The van der Waals surface area contributed by atoms with Gasteiger partial charge in [-0.25, -0.2) is 0 Å². The van der Waals surface area contributed by atoms with E-state index in [1.54, 1.807) is 4.90 Å². The molecule has 0 bridgehead atoms. The standard InChI is InChI=1S/C14H27F3N2/c1-4-18-9-13(7-5-6-8-13)10-19(12(2)3)11-14(15,16)17/h12,18H,4-11H2,1-3H3. The van der Waals surface area contributed by atoms with Gasteiger partial charge in [0.1, 0.15) is 0 Å². The van der Waals surface area contributed by atoms with Crippen LogP contribution in [0.3, 0.4) is 0 Å². The van der Waals surface area contributed by atoms with Gasteiger partial charge in [0.2, 0.25) is 0 Å². The molecule has 0 aromatic heterocycles. The highest BCUT2D eigenvalue weighted by Crippen LogP contribution is 2.39. The summed E-state index contributed by atoms with van der Waals surface area (Å²) < 4.78 is 38.0. The molecule has 0 saturated heterocycles. The van der Waals surface area contributed by atoms with Crippen molar-refractivity contribution in [3.05, 3.63) is 0 Å². The lowest BCUT2D eigenvalue weighted by molar-refractivity contribution is -0.153. The molecule has 0 aromatic rings. The number of nitrogens with one attached hydrogen (secondary N) is 1. The molecule has 0 amide bonds. The lowest BCUT2D eigenvalue weighted by Crippen LogP contribution is -2.48. The Hall–Kier alpha value is -0.290. The number of halogens is 3. The minimum Gasteiger partial charge on any atom is -0.316 e. The van der Waals surface area contributed by atoms with E-state index in [1.807, 2.05) is 20.8 Å². The predicted octanol–water partition coefficient (Wildman–Crippen LogP) is 3.43. The van der Waals surface area contributed by atoms with Crippen LogP contribution >= 0.6 is 0 Å². The highest BCUT2D eigenvalue weighted by Gasteiger charge is 2.39. The summed E-state index contributed by atoms with van der Waals surface area (Å²) in [5.74, 6) is 0. The second-order valence-electron chi connectivity index (χ2n) is 6.10. The van der Waals surface area contributed by atoms with Gasteiger partial charge in [0.05, 0.1) is 6.54 Å². The van der Waals surface area contributed by atoms with E-state index >= 15 is 0 Å². The molecule has 5 heteroatoms. The summed E-state index contributed by atoms with van der Waals surface area (Å²) in [6.45, 7) is 7.21. The molecule has 1 N–H and O–H groups in total. The molecule has 19 heavy (non-hydrogen) atoms. The van der Waals surface area contributed by atoms with Gasteiger partial charge in [0.15, 0.2) is 0 Å². The molecule has 0 radical (unpaired) electrons. The molecule has 0 heterocycles. The minimum absolute atomic E-state index is 0.0333. The van der Waals surface area contributed by atoms with Crippen molar-refractivity contribution >= 4 is 0 Å². The van der Waals surface area contributed by atoms with E-state index in [9.17, 15) is 13.2 Å². The fourth-order valence-electron chi connectivity index (χ4n) is 2.99. The molecular weight excluding hydrogens is 253 g/mol. The van der Waals surface area contributed by atoms with Crippen LogP contribution in [0.2, 0.25) is 0 Å². The Morgan fingerprint density at radius 2 is 1.79 bits per heavy atom. The molecule has 0 aliphatic heterocycles. The Bertz CT molecular complexity index is 258. The summed E-state index contributed by atoms with van der Waals surface area (Å²) in [5.41, 5.74) is 0.0333. The molecule has 0 unspecified atom stereocenters. The van der Waals surface area contributed by atoms with Crippen molar-refractivity contribution in [2.45, 2.75) is 58.7 Å². The molecule has 1 aliphatic carbocycles. The third-order valence-electron chi connectivity index (χ3n) is 4.07. The molecule has 0 atom stereocenters. The maximum Gasteiger partial charge on any atom is 0.401 e. The average Bonchev–Trinajstić information content (AvgIpc) is 2.73. The maximum atomic E-state index is 12.7. The first-order valence-electron chi connectivity index (χ1n) is 7.29. The van der Waals surface area contributed by atoms with E-state index in [4.69, 9.17) is 0 Å². The zero-order valence-electron chi connectivity index (χ0n) is 12.3. The van der Waals surface area contributed by atoms with Crippen molar-refractivity contribution < 1.29 is 13.2 Å². The van der Waals surface area contributed by atoms with E-state index in [-0.39, 0.29) is 11.5 Å². The summed E-state index contributed by atoms with van der Waals surface area (Å²) in [6.07, 6.45) is 0.261. The third-order valence-corrected chi connectivity index (χ3v) is 4.07. The molecule has 0 spiro atoms. The van der Waals surface area contributed by atoms with Crippen molar-refractivity contribution in [3.8, 4) is 0 Å². The second-order valence-corrected chi connectivity index (χ2v) is 6.10. The number of hydrogen-bond acceptors (Lipinski definition) is 2. The lowest BCUT2D eigenvalue weighted by Gasteiger charge is -2.38. The summed E-state index contributed by atoms with van der Waals surface area (Å²) in [4.78, 5) is 1.59. The first kappa shape index (κ1) is 16.8. The van der Waals surface area contributed by atoms with Gasteiger partial charge in [-0.2, -0.15) is 13.2 Å². The maximum absolute atomic E-state index is 12.7. The highest BCUT2D eigenvalue weighted by molar-refractivity contribution is 4.90. The van der Waals surface area contributed by atoms with Crippen LogP contribution in [0.25, 0.3) is 0 Å². The summed E-state index contributed by atoms with van der Waals surface area (Å²) in [5, 5.41) is 3.33. The van der Waals surface area contributed by atoms with Crippen molar-refractivity contribution in [3.63, 3.8) is 0 Å². The lowest BCUT2D eigenvalue weighted by atomic mass is 9.85. The Morgan fingerprint density at radius 3 is 2.21 bits per heavy atom. The molecule has 1 fully saturated rings. The first-order chi connectivity index (χ1) is 8.78. The van der Waals surface area contributed by atoms with E-state index < -0.39 is 12.7 Å². The van der Waals surface area contributed by atoms with Crippen LogP contribution in [0.1, 0.15) is 46.5 Å². The first-order valence-corrected chi connectivity index (χ1v) is 7.29. The van der Waals surface area contributed by atoms with Crippen LogP contribution in [0, 0.1) is 5.41 Å². The van der Waals surface area contributed by atoms with Crippen LogP contribution in [0.5, 0.6) is 0 Å². The SMILES string of the molecule is CCNCC1(CN(CC(F)(F)F)C(C)C)CCCC1. The smallest absolute Gasteiger partial charge is 0.316 e. The van der Waals surface area contributed by atoms with Crippen LogP contribution in [-0.4, -0.2) is 43.3 Å². The molecule has 1 aliphatic rings.